The number of aromatic nitrogens is 4. The fraction of sp³-hybridized carbons (Fsp3) is 0.296. The van der Waals surface area contributed by atoms with Crippen molar-refractivity contribution in [1.29, 1.82) is 5.26 Å². The van der Waals surface area contributed by atoms with E-state index in [4.69, 9.17) is 15.5 Å². The molecule has 4 N–H and O–H groups in total. The van der Waals surface area contributed by atoms with Crippen molar-refractivity contribution >= 4 is 28.6 Å². The van der Waals surface area contributed by atoms with Gasteiger partial charge in [-0.15, -0.1) is 0 Å². The van der Waals surface area contributed by atoms with Crippen LogP contribution in [0.5, 0.6) is 0 Å². The maximum Gasteiger partial charge on any atom is 0.315 e. The molecule has 0 radical (unpaired) electrons. The zero-order chi connectivity index (χ0) is 28.2. The van der Waals surface area contributed by atoms with Crippen molar-refractivity contribution in [2.45, 2.75) is 39.8 Å². The standard InChI is InChI=1S/C27H28N8O4/c1-27(2,3)22(25(38)30-13-12-20-31-26(23(29)36)39-34-20)32-24(37)21-18-6-4-5-7-19(18)35(33-21)15-17-10-8-16(14-28)9-11-17/h4-11,22H,12-13,15H2,1-3H3,(H2,29,36)(H,30,38)(H,32,37)/t22-/m1/s1. The monoisotopic (exact) mass is 528 g/mol. The van der Waals surface area contributed by atoms with Gasteiger partial charge in [-0.2, -0.15) is 15.3 Å². The van der Waals surface area contributed by atoms with E-state index < -0.39 is 29.2 Å². The molecule has 200 valence electrons. The molecule has 0 aliphatic heterocycles. The van der Waals surface area contributed by atoms with Crippen LogP contribution < -0.4 is 16.4 Å². The quantitative estimate of drug-likeness (QED) is 0.294. The first kappa shape index (κ1) is 27.0. The molecule has 4 aromatic rings. The Balaban J connectivity index is 1.49. The van der Waals surface area contributed by atoms with Gasteiger partial charge in [-0.25, -0.2) is 0 Å². The number of rotatable bonds is 9. The van der Waals surface area contributed by atoms with Crippen molar-refractivity contribution in [1.82, 2.24) is 30.6 Å². The molecule has 0 bridgehead atoms. The summed E-state index contributed by atoms with van der Waals surface area (Å²) >= 11 is 0. The number of benzene rings is 2. The molecule has 0 fully saturated rings. The molecule has 2 heterocycles. The molecule has 2 aromatic carbocycles. The Labute approximate surface area is 224 Å². The highest BCUT2D eigenvalue weighted by atomic mass is 16.5. The molecule has 2 aromatic heterocycles. The van der Waals surface area contributed by atoms with Crippen molar-refractivity contribution in [2.75, 3.05) is 6.54 Å². The summed E-state index contributed by atoms with van der Waals surface area (Å²) in [7, 11) is 0. The summed E-state index contributed by atoms with van der Waals surface area (Å²) in [6.07, 6.45) is 0.206. The molecule has 0 aliphatic carbocycles. The minimum absolute atomic E-state index is 0.154. The zero-order valence-electron chi connectivity index (χ0n) is 21.8. The second-order valence-corrected chi connectivity index (χ2v) is 10.0. The Hall–Kier alpha value is -5.05. The maximum absolute atomic E-state index is 13.5. The Morgan fingerprint density at radius 1 is 1.13 bits per heavy atom. The summed E-state index contributed by atoms with van der Waals surface area (Å²) in [6.45, 7) is 6.09. The van der Waals surface area contributed by atoms with Crippen molar-refractivity contribution in [3.05, 3.63) is 77.1 Å². The van der Waals surface area contributed by atoms with Crippen LogP contribution in [-0.4, -0.2) is 50.2 Å². The van der Waals surface area contributed by atoms with E-state index in [1.807, 2.05) is 57.2 Å². The summed E-state index contributed by atoms with van der Waals surface area (Å²) in [5.41, 5.74) is 6.93. The predicted molar refractivity (Wildman–Crippen MR) is 140 cm³/mol. The lowest BCUT2D eigenvalue weighted by atomic mass is 9.86. The second-order valence-electron chi connectivity index (χ2n) is 10.0. The predicted octanol–water partition coefficient (Wildman–Crippen LogP) is 1.94. The number of fused-ring (bicyclic) bond motifs is 1. The summed E-state index contributed by atoms with van der Waals surface area (Å²) in [6, 6.07) is 15.7. The van der Waals surface area contributed by atoms with Crippen LogP contribution in [0.15, 0.2) is 53.1 Å². The molecule has 1 atom stereocenters. The van der Waals surface area contributed by atoms with Gasteiger partial charge >= 0.3 is 11.8 Å². The topological polar surface area (TPSA) is 182 Å². The summed E-state index contributed by atoms with van der Waals surface area (Å²) in [5, 5.41) is 23.6. The van der Waals surface area contributed by atoms with Crippen molar-refractivity contribution in [3.8, 4) is 6.07 Å². The van der Waals surface area contributed by atoms with Gasteiger partial charge in [0, 0.05) is 18.4 Å². The fourth-order valence-electron chi connectivity index (χ4n) is 4.00. The zero-order valence-corrected chi connectivity index (χ0v) is 21.8. The largest absolute Gasteiger partial charge is 0.361 e. The van der Waals surface area contributed by atoms with Gasteiger partial charge in [-0.1, -0.05) is 56.3 Å². The van der Waals surface area contributed by atoms with Gasteiger partial charge in [-0.05, 0) is 29.2 Å². The van der Waals surface area contributed by atoms with E-state index in [0.29, 0.717) is 17.5 Å². The Morgan fingerprint density at radius 3 is 2.49 bits per heavy atom. The number of amides is 3. The van der Waals surface area contributed by atoms with Gasteiger partial charge in [0.2, 0.25) is 5.91 Å². The highest BCUT2D eigenvalue weighted by molar-refractivity contribution is 6.06. The number of nitrogens with one attached hydrogen (secondary N) is 2. The summed E-state index contributed by atoms with van der Waals surface area (Å²) in [4.78, 5) is 41.5. The molecule has 12 nitrogen and oxygen atoms in total. The van der Waals surface area contributed by atoms with Crippen molar-refractivity contribution < 1.29 is 18.9 Å². The lowest BCUT2D eigenvalue weighted by Crippen LogP contribution is -2.54. The van der Waals surface area contributed by atoms with Crippen LogP contribution in [0.4, 0.5) is 0 Å². The number of nitrogens with two attached hydrogens (primary N) is 1. The number of hydrogen-bond donors (Lipinski definition) is 3. The third kappa shape index (κ3) is 6.27. The SMILES string of the molecule is CC(C)(C)[C@H](NC(=O)c1nn(Cc2ccc(C#N)cc2)c2ccccc12)C(=O)NCCc1noc(C(N)=O)n1. The van der Waals surface area contributed by atoms with Crippen LogP contribution in [0.2, 0.25) is 0 Å². The van der Waals surface area contributed by atoms with E-state index in [1.54, 1.807) is 16.8 Å². The molecule has 0 aliphatic rings. The molecular formula is C27H28N8O4. The van der Waals surface area contributed by atoms with Gasteiger partial charge < -0.3 is 20.9 Å². The minimum Gasteiger partial charge on any atom is -0.361 e. The van der Waals surface area contributed by atoms with E-state index in [-0.39, 0.29) is 30.4 Å². The average molecular weight is 529 g/mol. The van der Waals surface area contributed by atoms with E-state index >= 15 is 0 Å². The van der Waals surface area contributed by atoms with Crippen LogP contribution >= 0.6 is 0 Å². The van der Waals surface area contributed by atoms with Gasteiger partial charge in [-0.3, -0.25) is 19.1 Å². The van der Waals surface area contributed by atoms with Crippen molar-refractivity contribution in [2.24, 2.45) is 11.1 Å². The molecule has 3 amide bonds. The summed E-state index contributed by atoms with van der Waals surface area (Å²) < 4.78 is 6.47. The number of carbonyl (C=O) groups excluding carboxylic acids is 3. The van der Waals surface area contributed by atoms with Crippen molar-refractivity contribution in [3.63, 3.8) is 0 Å². The Bertz CT molecular complexity index is 1560. The number of nitrogens with zero attached hydrogens (tertiary/aromatic N) is 5. The lowest BCUT2D eigenvalue weighted by molar-refractivity contribution is -0.125. The fourth-order valence-corrected chi connectivity index (χ4v) is 4.00. The number of carbonyl (C=O) groups is 3. The lowest BCUT2D eigenvalue weighted by Gasteiger charge is -2.30. The number of hydrogen-bond acceptors (Lipinski definition) is 8. The van der Waals surface area contributed by atoms with E-state index in [2.05, 4.69) is 31.9 Å². The van der Waals surface area contributed by atoms with E-state index in [0.717, 1.165) is 11.1 Å². The number of nitriles is 1. The number of para-hydroxylation sites is 1. The molecule has 4 rings (SSSR count). The molecule has 39 heavy (non-hydrogen) atoms. The first-order valence-electron chi connectivity index (χ1n) is 12.2. The molecule has 12 heteroatoms. The first-order chi connectivity index (χ1) is 18.6. The highest BCUT2D eigenvalue weighted by Gasteiger charge is 2.34. The van der Waals surface area contributed by atoms with Crippen LogP contribution in [0, 0.1) is 16.7 Å². The van der Waals surface area contributed by atoms with Crippen LogP contribution in [0.3, 0.4) is 0 Å². The average Bonchev–Trinajstić information content (AvgIpc) is 3.52. The smallest absolute Gasteiger partial charge is 0.315 e. The third-order valence-corrected chi connectivity index (χ3v) is 6.02. The molecular weight excluding hydrogens is 500 g/mol. The van der Waals surface area contributed by atoms with Gasteiger partial charge in [0.25, 0.3) is 5.91 Å². The van der Waals surface area contributed by atoms with Gasteiger partial charge in [0.05, 0.1) is 23.7 Å². The molecule has 0 saturated carbocycles. The maximum atomic E-state index is 13.5. The summed E-state index contributed by atoms with van der Waals surface area (Å²) in [5.74, 6) is -1.79. The van der Waals surface area contributed by atoms with Crippen LogP contribution in [-0.2, 0) is 17.8 Å². The first-order valence-corrected chi connectivity index (χ1v) is 12.2. The van der Waals surface area contributed by atoms with E-state index in [1.165, 1.54) is 0 Å². The number of primary amides is 1. The minimum atomic E-state index is -0.876. The second kappa shape index (κ2) is 11.1. The van der Waals surface area contributed by atoms with E-state index in [9.17, 15) is 14.4 Å². The molecule has 0 spiro atoms. The highest BCUT2D eigenvalue weighted by Crippen LogP contribution is 2.23. The van der Waals surface area contributed by atoms with Crippen LogP contribution in [0.25, 0.3) is 10.9 Å². The Morgan fingerprint density at radius 2 is 1.85 bits per heavy atom. The van der Waals surface area contributed by atoms with Crippen LogP contribution in [0.1, 0.15) is 58.9 Å². The van der Waals surface area contributed by atoms with Gasteiger partial charge in [0.1, 0.15) is 6.04 Å². The van der Waals surface area contributed by atoms with Gasteiger partial charge in [0.15, 0.2) is 11.5 Å². The normalized spacial score (nSPS) is 12.1. The third-order valence-electron chi connectivity index (χ3n) is 6.02. The molecule has 0 unspecified atom stereocenters. The molecule has 0 saturated heterocycles. The Kier molecular flexibility index (Phi) is 7.71.